The van der Waals surface area contributed by atoms with Crippen LogP contribution in [0, 0.1) is 17.8 Å². The van der Waals surface area contributed by atoms with Crippen molar-refractivity contribution in [3.05, 3.63) is 0 Å². The number of amides is 1. The lowest BCUT2D eigenvalue weighted by Crippen LogP contribution is -2.44. The molecule has 18 heavy (non-hydrogen) atoms. The van der Waals surface area contributed by atoms with Crippen molar-refractivity contribution in [2.75, 3.05) is 19.0 Å². The Balaban J connectivity index is 2.01. The highest BCUT2D eigenvalue weighted by Gasteiger charge is 2.48. The number of alkyl halides is 4. The van der Waals surface area contributed by atoms with E-state index in [9.17, 15) is 18.0 Å². The molecule has 0 bridgehead atoms. The van der Waals surface area contributed by atoms with Crippen LogP contribution in [-0.2, 0) is 4.79 Å². The summed E-state index contributed by atoms with van der Waals surface area (Å²) in [6.45, 7) is -1.19. The molecule has 2 nitrogen and oxygen atoms in total. The second-order valence-corrected chi connectivity index (χ2v) is 5.64. The van der Waals surface area contributed by atoms with Crippen LogP contribution in [0.15, 0.2) is 0 Å². The van der Waals surface area contributed by atoms with Crippen LogP contribution >= 0.6 is 11.6 Å². The van der Waals surface area contributed by atoms with Crippen LogP contribution in [0.1, 0.15) is 25.7 Å². The summed E-state index contributed by atoms with van der Waals surface area (Å²) in [4.78, 5) is 13.1. The van der Waals surface area contributed by atoms with E-state index >= 15 is 0 Å². The fraction of sp³-hybridized carbons (Fsp3) is 0.917. The van der Waals surface area contributed by atoms with Crippen molar-refractivity contribution in [1.82, 2.24) is 4.90 Å². The zero-order valence-electron chi connectivity index (χ0n) is 10.0. The molecule has 0 unspecified atom stereocenters. The van der Waals surface area contributed by atoms with Crippen LogP contribution in [0.4, 0.5) is 13.2 Å². The van der Waals surface area contributed by atoms with Crippen LogP contribution in [-0.4, -0.2) is 36.0 Å². The Kier molecular flexibility index (Phi) is 4.09. The summed E-state index contributed by atoms with van der Waals surface area (Å²) in [6.07, 6.45) is -0.429. The van der Waals surface area contributed by atoms with Gasteiger partial charge in [-0.3, -0.25) is 4.79 Å². The Morgan fingerprint density at radius 3 is 2.06 bits per heavy atom. The third-order valence-corrected chi connectivity index (χ3v) is 3.75. The third-order valence-electron chi connectivity index (χ3n) is 3.58. The maximum Gasteiger partial charge on any atom is 0.406 e. The first-order valence-corrected chi connectivity index (χ1v) is 6.87. The van der Waals surface area contributed by atoms with E-state index in [2.05, 4.69) is 0 Å². The average Bonchev–Trinajstić information content (AvgIpc) is 3.09. The molecule has 0 atom stereocenters. The molecule has 2 aliphatic rings. The molecule has 0 aromatic heterocycles. The zero-order chi connectivity index (χ0) is 13.3. The van der Waals surface area contributed by atoms with Crippen LogP contribution < -0.4 is 0 Å². The molecule has 0 aromatic carbocycles. The predicted octanol–water partition coefficient (Wildman–Crippen LogP) is 3.05. The fourth-order valence-corrected chi connectivity index (χ4v) is 2.70. The standard InChI is InChI=1S/C12H17ClF3NO/c13-5-6-17(7-12(14,15)16)11(18)10(8-1-2-8)9-3-4-9/h8-10H,1-7H2. The van der Waals surface area contributed by atoms with Crippen LogP contribution in [0.3, 0.4) is 0 Å². The van der Waals surface area contributed by atoms with Gasteiger partial charge in [-0.25, -0.2) is 0 Å². The Hall–Kier alpha value is -0.450. The molecule has 0 radical (unpaired) electrons. The van der Waals surface area contributed by atoms with Crippen molar-refractivity contribution in [1.29, 1.82) is 0 Å². The van der Waals surface area contributed by atoms with Crippen LogP contribution in [0.2, 0.25) is 0 Å². The molecule has 2 rings (SSSR count). The van der Waals surface area contributed by atoms with Gasteiger partial charge in [0.05, 0.1) is 0 Å². The van der Waals surface area contributed by atoms with Gasteiger partial charge < -0.3 is 4.90 Å². The van der Waals surface area contributed by atoms with E-state index < -0.39 is 12.7 Å². The van der Waals surface area contributed by atoms with E-state index in [1.807, 2.05) is 0 Å². The molecule has 0 aliphatic heterocycles. The van der Waals surface area contributed by atoms with Crippen molar-refractivity contribution in [3.8, 4) is 0 Å². The molecule has 104 valence electrons. The molecular weight excluding hydrogens is 267 g/mol. The highest BCUT2D eigenvalue weighted by atomic mass is 35.5. The van der Waals surface area contributed by atoms with Crippen molar-refractivity contribution in [2.45, 2.75) is 31.9 Å². The van der Waals surface area contributed by atoms with Crippen LogP contribution in [0.5, 0.6) is 0 Å². The van der Waals surface area contributed by atoms with Gasteiger partial charge in [0.15, 0.2) is 0 Å². The molecule has 0 heterocycles. The summed E-state index contributed by atoms with van der Waals surface area (Å²) in [6, 6.07) is 0. The van der Waals surface area contributed by atoms with Gasteiger partial charge in [0.2, 0.25) is 5.91 Å². The zero-order valence-corrected chi connectivity index (χ0v) is 10.8. The van der Waals surface area contributed by atoms with E-state index in [-0.39, 0.29) is 24.2 Å². The molecule has 1 amide bonds. The lowest BCUT2D eigenvalue weighted by atomic mass is 9.96. The van der Waals surface area contributed by atoms with Gasteiger partial charge in [0.25, 0.3) is 0 Å². The molecule has 0 spiro atoms. The number of halogens is 4. The summed E-state index contributed by atoms with van der Waals surface area (Å²) in [7, 11) is 0. The highest BCUT2D eigenvalue weighted by Crippen LogP contribution is 2.50. The van der Waals surface area contributed by atoms with E-state index in [1.165, 1.54) is 0 Å². The summed E-state index contributed by atoms with van der Waals surface area (Å²) in [5.74, 6) is 0.157. The first-order valence-electron chi connectivity index (χ1n) is 6.34. The van der Waals surface area contributed by atoms with Gasteiger partial charge in [0, 0.05) is 18.3 Å². The second-order valence-electron chi connectivity index (χ2n) is 5.26. The number of carbonyl (C=O) groups is 1. The Morgan fingerprint density at radius 2 is 1.72 bits per heavy atom. The minimum absolute atomic E-state index is 0.0180. The summed E-state index contributed by atoms with van der Waals surface area (Å²) < 4.78 is 37.3. The number of hydrogen-bond acceptors (Lipinski definition) is 1. The quantitative estimate of drug-likeness (QED) is 0.686. The van der Waals surface area contributed by atoms with E-state index in [4.69, 9.17) is 11.6 Å². The molecule has 2 saturated carbocycles. The summed E-state index contributed by atoms with van der Waals surface area (Å²) in [5, 5.41) is 0. The van der Waals surface area contributed by atoms with Crippen molar-refractivity contribution >= 4 is 17.5 Å². The summed E-state index contributed by atoms with van der Waals surface area (Å²) in [5.41, 5.74) is 0. The first kappa shape index (κ1) is 14.0. The number of nitrogens with zero attached hydrogens (tertiary/aromatic N) is 1. The minimum Gasteiger partial charge on any atom is -0.332 e. The monoisotopic (exact) mass is 283 g/mol. The molecule has 0 saturated heterocycles. The largest absolute Gasteiger partial charge is 0.406 e. The van der Waals surface area contributed by atoms with E-state index in [1.54, 1.807) is 0 Å². The number of carbonyl (C=O) groups excluding carboxylic acids is 1. The molecule has 6 heteroatoms. The highest BCUT2D eigenvalue weighted by molar-refractivity contribution is 6.18. The Morgan fingerprint density at radius 1 is 1.22 bits per heavy atom. The molecular formula is C12H17ClF3NO. The Bertz CT molecular complexity index is 301. The van der Waals surface area contributed by atoms with Crippen molar-refractivity contribution in [2.24, 2.45) is 17.8 Å². The Labute approximate surface area is 109 Å². The lowest BCUT2D eigenvalue weighted by Gasteiger charge is -2.27. The second kappa shape index (κ2) is 5.27. The summed E-state index contributed by atoms with van der Waals surface area (Å²) >= 11 is 5.50. The van der Waals surface area contributed by atoms with Gasteiger partial charge in [0.1, 0.15) is 6.54 Å². The maximum atomic E-state index is 12.4. The molecule has 0 N–H and O–H groups in total. The van der Waals surface area contributed by atoms with Gasteiger partial charge >= 0.3 is 6.18 Å². The van der Waals surface area contributed by atoms with E-state index in [0.717, 1.165) is 30.6 Å². The minimum atomic E-state index is -4.35. The van der Waals surface area contributed by atoms with Crippen LogP contribution in [0.25, 0.3) is 0 Å². The van der Waals surface area contributed by atoms with Crippen molar-refractivity contribution in [3.63, 3.8) is 0 Å². The van der Waals surface area contributed by atoms with Gasteiger partial charge in [-0.2, -0.15) is 13.2 Å². The fourth-order valence-electron chi connectivity index (χ4n) is 2.50. The maximum absolute atomic E-state index is 12.4. The first-order chi connectivity index (χ1) is 8.42. The third kappa shape index (κ3) is 3.77. The molecule has 0 aromatic rings. The lowest BCUT2D eigenvalue weighted by molar-refractivity contribution is -0.164. The number of hydrogen-bond donors (Lipinski definition) is 0. The normalized spacial score (nSPS) is 20.3. The van der Waals surface area contributed by atoms with E-state index in [0.29, 0.717) is 11.8 Å². The SMILES string of the molecule is O=C(C(C1CC1)C1CC1)N(CCCl)CC(F)(F)F. The average molecular weight is 284 g/mol. The van der Waals surface area contributed by atoms with Gasteiger partial charge in [-0.1, -0.05) is 0 Å². The smallest absolute Gasteiger partial charge is 0.332 e. The molecule has 2 fully saturated rings. The van der Waals surface area contributed by atoms with Gasteiger partial charge in [-0.15, -0.1) is 11.6 Å². The van der Waals surface area contributed by atoms with Gasteiger partial charge in [-0.05, 0) is 37.5 Å². The number of rotatable bonds is 6. The van der Waals surface area contributed by atoms with Crippen molar-refractivity contribution < 1.29 is 18.0 Å². The molecule has 2 aliphatic carbocycles. The predicted molar refractivity (Wildman–Crippen MR) is 62.3 cm³/mol. The topological polar surface area (TPSA) is 20.3 Å².